The molecule has 0 unspecified atom stereocenters. The van der Waals surface area contributed by atoms with E-state index in [1.54, 1.807) is 18.3 Å². The molecule has 4 heteroatoms. The van der Waals surface area contributed by atoms with Gasteiger partial charge in [0.2, 0.25) is 0 Å². The summed E-state index contributed by atoms with van der Waals surface area (Å²) in [6.07, 6.45) is 3.83. The van der Waals surface area contributed by atoms with Gasteiger partial charge >= 0.3 is 0 Å². The molecular formula is C13H19N3O. The summed E-state index contributed by atoms with van der Waals surface area (Å²) in [5.41, 5.74) is 6.25. The number of hydrogen-bond donors (Lipinski definition) is 1. The van der Waals surface area contributed by atoms with E-state index in [0.717, 1.165) is 19.4 Å². The fourth-order valence-electron chi connectivity index (χ4n) is 1.92. The molecule has 2 N–H and O–H groups in total. The zero-order valence-corrected chi connectivity index (χ0v) is 10.4. The molecule has 1 aromatic rings. The average molecular weight is 233 g/mol. The van der Waals surface area contributed by atoms with Crippen LogP contribution in [0.2, 0.25) is 0 Å². The van der Waals surface area contributed by atoms with E-state index in [-0.39, 0.29) is 5.91 Å². The van der Waals surface area contributed by atoms with Crippen LogP contribution in [0.3, 0.4) is 0 Å². The van der Waals surface area contributed by atoms with Gasteiger partial charge in [0, 0.05) is 24.3 Å². The first kappa shape index (κ1) is 11.9. The van der Waals surface area contributed by atoms with E-state index in [0.29, 0.717) is 23.3 Å². The van der Waals surface area contributed by atoms with Gasteiger partial charge in [0.1, 0.15) is 5.82 Å². The molecule has 1 amide bonds. The second-order valence-corrected chi connectivity index (χ2v) is 5.05. The Morgan fingerprint density at radius 1 is 1.59 bits per heavy atom. The number of hydrogen-bond acceptors (Lipinski definition) is 3. The Hall–Kier alpha value is -1.58. The smallest absolute Gasteiger partial charge is 0.254 e. The van der Waals surface area contributed by atoms with Crippen LogP contribution in [-0.2, 0) is 0 Å². The summed E-state index contributed by atoms with van der Waals surface area (Å²) in [5, 5.41) is 0. The lowest BCUT2D eigenvalue weighted by Crippen LogP contribution is -2.36. The predicted octanol–water partition coefficient (Wildman–Crippen LogP) is 1.92. The predicted molar refractivity (Wildman–Crippen MR) is 67.5 cm³/mol. The lowest BCUT2D eigenvalue weighted by atomic mass is 10.1. The zero-order valence-electron chi connectivity index (χ0n) is 10.4. The molecule has 1 heterocycles. The number of pyridine rings is 1. The number of nitrogens with two attached hydrogens (primary N) is 1. The third-order valence-corrected chi connectivity index (χ3v) is 2.84. The maximum Gasteiger partial charge on any atom is 0.254 e. The molecular weight excluding hydrogens is 214 g/mol. The van der Waals surface area contributed by atoms with E-state index in [1.807, 2.05) is 4.90 Å². The third kappa shape index (κ3) is 2.96. The Bertz CT molecular complexity index is 413. The average Bonchev–Trinajstić information content (AvgIpc) is 3.08. The Kier molecular flexibility index (Phi) is 3.31. The number of nitrogens with zero attached hydrogens (tertiary/aromatic N) is 2. The van der Waals surface area contributed by atoms with Crippen LogP contribution in [0, 0.1) is 5.92 Å². The van der Waals surface area contributed by atoms with Crippen LogP contribution in [0.4, 0.5) is 5.82 Å². The zero-order chi connectivity index (χ0) is 12.4. The molecule has 2 rings (SSSR count). The monoisotopic (exact) mass is 233 g/mol. The van der Waals surface area contributed by atoms with Gasteiger partial charge in [0.15, 0.2) is 0 Å². The molecule has 0 atom stereocenters. The highest BCUT2D eigenvalue weighted by Crippen LogP contribution is 2.29. The Morgan fingerprint density at radius 2 is 2.29 bits per heavy atom. The van der Waals surface area contributed by atoms with Crippen molar-refractivity contribution in [3.05, 3.63) is 23.9 Å². The van der Waals surface area contributed by atoms with E-state index in [4.69, 9.17) is 5.73 Å². The van der Waals surface area contributed by atoms with Gasteiger partial charge in [-0.05, 0) is 30.9 Å². The van der Waals surface area contributed by atoms with Crippen LogP contribution in [-0.4, -0.2) is 28.4 Å². The normalized spacial score (nSPS) is 15.0. The Morgan fingerprint density at radius 3 is 2.82 bits per heavy atom. The summed E-state index contributed by atoms with van der Waals surface area (Å²) in [7, 11) is 0. The molecule has 1 aliphatic carbocycles. The number of nitrogen functional groups attached to an aromatic ring is 1. The molecule has 1 saturated carbocycles. The molecule has 17 heavy (non-hydrogen) atoms. The van der Waals surface area contributed by atoms with Gasteiger partial charge in [-0.15, -0.1) is 0 Å². The van der Waals surface area contributed by atoms with Gasteiger partial charge in [0.25, 0.3) is 5.91 Å². The lowest BCUT2D eigenvalue weighted by molar-refractivity contribution is 0.0722. The molecule has 0 aromatic carbocycles. The summed E-state index contributed by atoms with van der Waals surface area (Å²) >= 11 is 0. The maximum absolute atomic E-state index is 12.4. The van der Waals surface area contributed by atoms with Crippen molar-refractivity contribution >= 4 is 11.7 Å². The fourth-order valence-corrected chi connectivity index (χ4v) is 1.92. The van der Waals surface area contributed by atoms with Crippen LogP contribution in [0.1, 0.15) is 37.0 Å². The van der Waals surface area contributed by atoms with Gasteiger partial charge in [0.05, 0.1) is 0 Å². The molecule has 92 valence electrons. The standard InChI is InChI=1S/C13H19N3O/c1-9(2)8-16(11-3-4-11)13(17)10-5-6-15-12(14)7-10/h5-7,9,11H,3-4,8H2,1-2H3,(H2,14,15). The molecule has 0 saturated heterocycles. The minimum Gasteiger partial charge on any atom is -0.384 e. The Labute approximate surface area is 102 Å². The minimum atomic E-state index is 0.0790. The number of anilines is 1. The second-order valence-electron chi connectivity index (χ2n) is 5.05. The highest BCUT2D eigenvalue weighted by Gasteiger charge is 2.33. The van der Waals surface area contributed by atoms with E-state index in [2.05, 4.69) is 18.8 Å². The molecule has 0 spiro atoms. The van der Waals surface area contributed by atoms with Gasteiger partial charge in [-0.3, -0.25) is 4.79 Å². The first-order valence-electron chi connectivity index (χ1n) is 6.10. The highest BCUT2D eigenvalue weighted by atomic mass is 16.2. The van der Waals surface area contributed by atoms with Crippen molar-refractivity contribution in [2.24, 2.45) is 5.92 Å². The summed E-state index contributed by atoms with van der Waals surface area (Å²) in [6, 6.07) is 3.81. The minimum absolute atomic E-state index is 0.0790. The van der Waals surface area contributed by atoms with Crippen LogP contribution in [0.25, 0.3) is 0 Å². The molecule has 0 bridgehead atoms. The van der Waals surface area contributed by atoms with Crippen molar-refractivity contribution in [3.8, 4) is 0 Å². The molecule has 0 aliphatic heterocycles. The van der Waals surface area contributed by atoms with Crippen LogP contribution >= 0.6 is 0 Å². The summed E-state index contributed by atoms with van der Waals surface area (Å²) in [5.74, 6) is 0.963. The van der Waals surface area contributed by atoms with E-state index in [9.17, 15) is 4.79 Å². The topological polar surface area (TPSA) is 59.2 Å². The van der Waals surface area contributed by atoms with E-state index in [1.165, 1.54) is 0 Å². The largest absolute Gasteiger partial charge is 0.384 e. The number of carbonyl (C=O) groups is 1. The van der Waals surface area contributed by atoms with E-state index < -0.39 is 0 Å². The van der Waals surface area contributed by atoms with Crippen molar-refractivity contribution in [1.29, 1.82) is 0 Å². The number of aromatic nitrogens is 1. The second kappa shape index (κ2) is 4.73. The van der Waals surface area contributed by atoms with Gasteiger partial charge in [-0.1, -0.05) is 13.8 Å². The van der Waals surface area contributed by atoms with Crippen molar-refractivity contribution in [2.45, 2.75) is 32.7 Å². The maximum atomic E-state index is 12.4. The van der Waals surface area contributed by atoms with Crippen molar-refractivity contribution in [3.63, 3.8) is 0 Å². The summed E-state index contributed by atoms with van der Waals surface area (Å²) in [4.78, 5) is 18.2. The summed E-state index contributed by atoms with van der Waals surface area (Å²) in [6.45, 7) is 5.07. The Balaban J connectivity index is 2.15. The van der Waals surface area contributed by atoms with Gasteiger partial charge in [-0.2, -0.15) is 0 Å². The molecule has 1 fully saturated rings. The van der Waals surface area contributed by atoms with Crippen LogP contribution in [0.5, 0.6) is 0 Å². The van der Waals surface area contributed by atoms with Crippen LogP contribution < -0.4 is 5.73 Å². The van der Waals surface area contributed by atoms with Gasteiger partial charge in [-0.25, -0.2) is 4.98 Å². The fraction of sp³-hybridized carbons (Fsp3) is 0.538. The molecule has 4 nitrogen and oxygen atoms in total. The third-order valence-electron chi connectivity index (χ3n) is 2.84. The lowest BCUT2D eigenvalue weighted by Gasteiger charge is -2.24. The van der Waals surface area contributed by atoms with Crippen molar-refractivity contribution in [2.75, 3.05) is 12.3 Å². The number of rotatable bonds is 4. The first-order chi connectivity index (χ1) is 8.08. The SMILES string of the molecule is CC(C)CN(C(=O)c1ccnc(N)c1)C1CC1. The highest BCUT2D eigenvalue weighted by molar-refractivity contribution is 5.95. The first-order valence-corrected chi connectivity index (χ1v) is 6.10. The molecule has 1 aliphatic rings. The van der Waals surface area contributed by atoms with Gasteiger partial charge < -0.3 is 10.6 Å². The van der Waals surface area contributed by atoms with Crippen LogP contribution in [0.15, 0.2) is 18.3 Å². The quantitative estimate of drug-likeness (QED) is 0.864. The summed E-state index contributed by atoms with van der Waals surface area (Å²) < 4.78 is 0. The van der Waals surface area contributed by atoms with Crippen molar-refractivity contribution in [1.82, 2.24) is 9.88 Å². The number of amides is 1. The van der Waals surface area contributed by atoms with E-state index >= 15 is 0 Å². The van der Waals surface area contributed by atoms with Crippen molar-refractivity contribution < 1.29 is 4.79 Å². The number of carbonyl (C=O) groups excluding carboxylic acids is 1. The molecule has 0 radical (unpaired) electrons. The molecule has 1 aromatic heterocycles.